The number of fused-ring (bicyclic) bond motifs is 9. The van der Waals surface area contributed by atoms with Crippen LogP contribution in [0.25, 0.3) is 0 Å². The molecule has 9 rings (SSSR count). The van der Waals surface area contributed by atoms with Gasteiger partial charge in [0, 0.05) is 42.4 Å². The molecule has 3 heterocycles. The number of carboxylic acid groups (broad SMARTS) is 1. The highest BCUT2D eigenvalue weighted by Crippen LogP contribution is 2.45. The van der Waals surface area contributed by atoms with Gasteiger partial charge in [-0.1, -0.05) is 18.2 Å². The van der Waals surface area contributed by atoms with E-state index in [0.29, 0.717) is 18.9 Å². The molecule has 11 nitrogen and oxygen atoms in total. The Kier molecular flexibility index (Phi) is 10.9. The molecule has 3 aromatic carbocycles. The second-order valence-electron chi connectivity index (χ2n) is 14.5. The monoisotopic (exact) mass is 725 g/mol. The number of rotatable bonds is 7. The number of ether oxygens (including phenoxy) is 5. The van der Waals surface area contributed by atoms with Gasteiger partial charge in [-0.25, -0.2) is 4.79 Å². The molecule has 3 N–H and O–H groups in total. The molecule has 0 unspecified atom stereocenters. The zero-order chi connectivity index (χ0) is 37.1. The van der Waals surface area contributed by atoms with Gasteiger partial charge in [-0.05, 0) is 115 Å². The van der Waals surface area contributed by atoms with E-state index in [-0.39, 0.29) is 37.2 Å². The van der Waals surface area contributed by atoms with Crippen LogP contribution in [0.15, 0.2) is 36.4 Å². The minimum atomic E-state index is -0.914. The zero-order valence-corrected chi connectivity index (χ0v) is 30.2. The van der Waals surface area contributed by atoms with Crippen LogP contribution in [-0.2, 0) is 62.4 Å². The summed E-state index contributed by atoms with van der Waals surface area (Å²) in [4.78, 5) is 44.9. The van der Waals surface area contributed by atoms with Crippen LogP contribution in [0.5, 0.6) is 17.2 Å². The molecule has 0 spiro atoms. The molecule has 3 aromatic rings. The van der Waals surface area contributed by atoms with Crippen LogP contribution in [0, 0.1) is 0 Å². The molecule has 0 bridgehead atoms. The van der Waals surface area contributed by atoms with E-state index in [1.165, 1.54) is 50.1 Å². The number of hydrogen-bond donors (Lipinski definition) is 2. The first-order valence-electron chi connectivity index (χ1n) is 18.9. The number of primary amides is 1. The molecule has 0 saturated heterocycles. The van der Waals surface area contributed by atoms with Crippen molar-refractivity contribution in [1.29, 1.82) is 0 Å². The maximum atomic E-state index is 11.8. The van der Waals surface area contributed by atoms with Crippen molar-refractivity contribution in [2.24, 2.45) is 5.73 Å². The van der Waals surface area contributed by atoms with E-state index in [1.807, 2.05) is 12.1 Å². The Bertz CT molecular complexity index is 1830. The molecule has 0 aromatic heterocycles. The van der Waals surface area contributed by atoms with Crippen LogP contribution in [0.3, 0.4) is 0 Å². The molecule has 3 aliphatic heterocycles. The number of carboxylic acids is 1. The third kappa shape index (κ3) is 7.84. The SMILES string of the molecule is CCOC(=O)OC(=O)C[C@@H]1CCc2ccc3c(c21)CCO3.NC(=O)C[C@@H]1CCc2ccc3c(c21)CCO3.O=C(O)C[C@@H]1CCc2ccc3c(c21)CCO3. The number of aliphatic carboxylic acids is 1. The number of carbonyl (C=O) groups excluding carboxylic acids is 3. The molecule has 6 aliphatic rings. The second-order valence-corrected chi connectivity index (χ2v) is 14.5. The summed E-state index contributed by atoms with van der Waals surface area (Å²) in [5.41, 5.74) is 17.0. The summed E-state index contributed by atoms with van der Waals surface area (Å²) >= 11 is 0. The van der Waals surface area contributed by atoms with Gasteiger partial charge in [-0.15, -0.1) is 0 Å². The standard InChI is InChI=1S/C16H18O5.C13H15NO2.C13H14O3/c1-2-19-16(18)21-14(17)9-11-4-3-10-5-6-13-12(15(10)11)7-8-20-13;2*14-12(15)7-9-2-1-8-3-4-11-10(13(8)9)5-6-16-11/h5-6,11H,2-4,7-9H2,1H3;3-4,9H,1-2,5-7H2,(H2,14,15);3-4,9H,1-2,5-7H2,(H,14,15)/t11-;2*9-/m000/s1. The summed E-state index contributed by atoms with van der Waals surface area (Å²) < 4.78 is 25.9. The molecule has 1 amide bonds. The van der Waals surface area contributed by atoms with Gasteiger partial charge in [-0.3, -0.25) is 14.4 Å². The Balaban J connectivity index is 0.000000125. The highest BCUT2D eigenvalue weighted by Gasteiger charge is 2.33. The number of benzene rings is 3. The van der Waals surface area contributed by atoms with Gasteiger partial charge in [0.2, 0.25) is 5.91 Å². The third-order valence-electron chi connectivity index (χ3n) is 11.3. The first-order chi connectivity index (χ1) is 25.7. The van der Waals surface area contributed by atoms with Crippen LogP contribution >= 0.6 is 0 Å². The summed E-state index contributed by atoms with van der Waals surface area (Å²) in [6.45, 7) is 4.08. The van der Waals surface area contributed by atoms with Crippen LogP contribution in [0.1, 0.15) is 113 Å². The molecular weight excluding hydrogens is 678 g/mol. The predicted molar refractivity (Wildman–Crippen MR) is 194 cm³/mol. The van der Waals surface area contributed by atoms with Crippen molar-refractivity contribution < 1.29 is 48.0 Å². The maximum Gasteiger partial charge on any atom is 0.516 e. The molecule has 280 valence electrons. The fourth-order valence-electron chi connectivity index (χ4n) is 9.20. The summed E-state index contributed by atoms with van der Waals surface area (Å²) in [5, 5.41) is 8.92. The van der Waals surface area contributed by atoms with Crippen molar-refractivity contribution >= 4 is 24.0 Å². The molecule has 3 atom stereocenters. The van der Waals surface area contributed by atoms with Crippen LogP contribution in [0.4, 0.5) is 4.79 Å². The molecule has 0 saturated carbocycles. The van der Waals surface area contributed by atoms with E-state index in [2.05, 4.69) is 33.7 Å². The zero-order valence-electron chi connectivity index (χ0n) is 30.2. The van der Waals surface area contributed by atoms with Gasteiger partial charge in [0.25, 0.3) is 0 Å². The average Bonchev–Trinajstić information content (AvgIpc) is 3.96. The fraction of sp³-hybridized carbons (Fsp3) is 0.476. The lowest BCUT2D eigenvalue weighted by Crippen LogP contribution is -2.16. The number of amides is 1. The molecule has 53 heavy (non-hydrogen) atoms. The highest BCUT2D eigenvalue weighted by molar-refractivity contribution is 5.82. The molecular formula is C42H47NO10. The van der Waals surface area contributed by atoms with E-state index in [4.69, 9.17) is 25.1 Å². The lowest BCUT2D eigenvalue weighted by molar-refractivity contribution is -0.140. The molecule has 3 aliphatic carbocycles. The molecule has 11 heteroatoms. The number of carbonyl (C=O) groups is 4. The molecule has 0 fully saturated rings. The fourth-order valence-corrected chi connectivity index (χ4v) is 9.20. The van der Waals surface area contributed by atoms with E-state index >= 15 is 0 Å². The number of aryl methyl sites for hydroxylation is 3. The lowest BCUT2D eigenvalue weighted by Gasteiger charge is -2.13. The van der Waals surface area contributed by atoms with Crippen LogP contribution in [0.2, 0.25) is 0 Å². The van der Waals surface area contributed by atoms with Crippen molar-refractivity contribution in [3.63, 3.8) is 0 Å². The first kappa shape index (κ1) is 36.3. The number of esters is 1. The van der Waals surface area contributed by atoms with Gasteiger partial charge in [0.05, 0.1) is 39.3 Å². The van der Waals surface area contributed by atoms with Crippen LogP contribution in [-0.4, -0.2) is 55.5 Å². The van der Waals surface area contributed by atoms with Crippen molar-refractivity contribution in [3.8, 4) is 17.2 Å². The van der Waals surface area contributed by atoms with Gasteiger partial charge in [0.1, 0.15) is 17.2 Å². The van der Waals surface area contributed by atoms with Crippen molar-refractivity contribution in [1.82, 2.24) is 0 Å². The van der Waals surface area contributed by atoms with Gasteiger partial charge in [0.15, 0.2) is 0 Å². The quantitative estimate of drug-likeness (QED) is 0.206. The van der Waals surface area contributed by atoms with E-state index < -0.39 is 18.1 Å². The number of nitrogens with two attached hydrogens (primary N) is 1. The van der Waals surface area contributed by atoms with Crippen molar-refractivity contribution in [2.45, 2.75) is 102 Å². The molecule has 0 radical (unpaired) electrons. The lowest BCUT2D eigenvalue weighted by atomic mass is 9.92. The smallest absolute Gasteiger partial charge is 0.493 e. The Morgan fingerprint density at radius 3 is 1.45 bits per heavy atom. The van der Waals surface area contributed by atoms with Gasteiger partial charge >= 0.3 is 18.1 Å². The Morgan fingerprint density at radius 2 is 1.06 bits per heavy atom. The van der Waals surface area contributed by atoms with Crippen molar-refractivity contribution in [3.05, 3.63) is 86.5 Å². The third-order valence-corrected chi connectivity index (χ3v) is 11.3. The van der Waals surface area contributed by atoms with Gasteiger partial charge < -0.3 is 34.5 Å². The van der Waals surface area contributed by atoms with E-state index in [0.717, 1.165) is 88.2 Å². The Morgan fingerprint density at radius 1 is 0.642 bits per heavy atom. The second kappa shape index (κ2) is 15.9. The Hall–Kier alpha value is -5.06. The summed E-state index contributed by atoms with van der Waals surface area (Å²) in [6.07, 6.45) is 8.80. The van der Waals surface area contributed by atoms with Crippen molar-refractivity contribution in [2.75, 3.05) is 26.4 Å². The van der Waals surface area contributed by atoms with Gasteiger partial charge in [-0.2, -0.15) is 0 Å². The highest BCUT2D eigenvalue weighted by atomic mass is 16.7. The summed E-state index contributed by atoms with van der Waals surface area (Å²) in [5.74, 6) is 2.11. The largest absolute Gasteiger partial charge is 0.516 e. The van der Waals surface area contributed by atoms with E-state index in [1.54, 1.807) is 6.92 Å². The first-order valence-corrected chi connectivity index (χ1v) is 18.9. The van der Waals surface area contributed by atoms with Crippen LogP contribution < -0.4 is 19.9 Å². The Labute approximate surface area is 309 Å². The number of hydrogen-bond acceptors (Lipinski definition) is 9. The minimum absolute atomic E-state index is 0.110. The minimum Gasteiger partial charge on any atom is -0.493 e. The topological polar surface area (TPSA) is 161 Å². The predicted octanol–water partition coefficient (Wildman–Crippen LogP) is 6.39. The average molecular weight is 726 g/mol. The maximum absolute atomic E-state index is 11.8. The summed E-state index contributed by atoms with van der Waals surface area (Å²) in [6, 6.07) is 12.4. The normalized spacial score (nSPS) is 20.3. The summed E-state index contributed by atoms with van der Waals surface area (Å²) in [7, 11) is 0. The van der Waals surface area contributed by atoms with E-state index in [9.17, 15) is 19.2 Å².